The Morgan fingerprint density at radius 2 is 1.96 bits per heavy atom. The predicted octanol–water partition coefficient (Wildman–Crippen LogP) is 4.70. The Morgan fingerprint density at radius 1 is 1.17 bits per heavy atom. The smallest absolute Gasteiger partial charge is 0.260 e. The predicted molar refractivity (Wildman–Crippen MR) is 97.9 cm³/mol. The summed E-state index contributed by atoms with van der Waals surface area (Å²) >= 11 is 5.09. The number of carbonyl (C=O) groups excluding carboxylic acids is 1. The molecule has 0 bridgehead atoms. The third-order valence-corrected chi connectivity index (χ3v) is 4.79. The minimum Gasteiger partial charge on any atom is -0.484 e. The van der Waals surface area contributed by atoms with Crippen LogP contribution in [0.3, 0.4) is 0 Å². The van der Waals surface area contributed by atoms with Crippen LogP contribution in [0.25, 0.3) is 10.8 Å². The van der Waals surface area contributed by atoms with Crippen molar-refractivity contribution in [1.82, 2.24) is 4.90 Å². The van der Waals surface area contributed by atoms with Crippen LogP contribution in [0.4, 0.5) is 0 Å². The van der Waals surface area contributed by atoms with Crippen LogP contribution in [0.1, 0.15) is 5.56 Å². The lowest BCUT2D eigenvalue weighted by molar-refractivity contribution is -0.132. The van der Waals surface area contributed by atoms with Gasteiger partial charge in [0.1, 0.15) is 5.75 Å². The van der Waals surface area contributed by atoms with Crippen molar-refractivity contribution >= 4 is 43.9 Å². The summed E-state index contributed by atoms with van der Waals surface area (Å²) in [5, 5.41) is 6.28. The molecule has 0 fully saturated rings. The first-order chi connectivity index (χ1) is 11.1. The van der Waals surface area contributed by atoms with Gasteiger partial charge in [-0.15, -0.1) is 0 Å². The topological polar surface area (TPSA) is 29.5 Å². The van der Waals surface area contributed by atoms with Gasteiger partial charge >= 0.3 is 0 Å². The summed E-state index contributed by atoms with van der Waals surface area (Å²) in [6.45, 7) is 0.653. The summed E-state index contributed by atoms with van der Waals surface area (Å²) in [7, 11) is 1.79. The van der Waals surface area contributed by atoms with Crippen molar-refractivity contribution < 1.29 is 9.53 Å². The second-order valence-electron chi connectivity index (χ2n) is 5.32. The summed E-state index contributed by atoms with van der Waals surface area (Å²) in [6.07, 6.45) is 0. The van der Waals surface area contributed by atoms with Gasteiger partial charge < -0.3 is 9.64 Å². The van der Waals surface area contributed by atoms with Gasteiger partial charge in [0.2, 0.25) is 0 Å². The number of hydrogen-bond donors (Lipinski definition) is 0. The molecule has 2 aromatic carbocycles. The third-order valence-electron chi connectivity index (χ3n) is 3.56. The Balaban J connectivity index is 1.61. The van der Waals surface area contributed by atoms with Crippen molar-refractivity contribution in [2.45, 2.75) is 6.54 Å². The molecule has 0 aliphatic rings. The molecule has 1 heterocycles. The van der Waals surface area contributed by atoms with Crippen LogP contribution in [0, 0.1) is 0 Å². The number of ether oxygens (including phenoxy) is 1. The van der Waals surface area contributed by atoms with Gasteiger partial charge in [0, 0.05) is 18.1 Å². The molecule has 0 radical (unpaired) electrons. The number of nitrogens with zero attached hydrogens (tertiary/aromatic N) is 1. The average molecular weight is 390 g/mol. The normalized spacial score (nSPS) is 10.7. The van der Waals surface area contributed by atoms with Gasteiger partial charge in [0.05, 0.1) is 0 Å². The van der Waals surface area contributed by atoms with E-state index in [1.807, 2.05) is 47.2 Å². The monoisotopic (exact) mass is 389 g/mol. The number of likely N-dealkylation sites (N-methyl/N-ethyl adjacent to an activating group) is 1. The lowest BCUT2D eigenvalue weighted by atomic mass is 10.1. The Bertz CT molecular complexity index is 817. The van der Waals surface area contributed by atoms with E-state index >= 15 is 0 Å². The highest BCUT2D eigenvalue weighted by Crippen LogP contribution is 2.24. The van der Waals surface area contributed by atoms with Crippen molar-refractivity contribution in [2.75, 3.05) is 13.7 Å². The maximum absolute atomic E-state index is 12.1. The van der Waals surface area contributed by atoms with E-state index < -0.39 is 0 Å². The zero-order chi connectivity index (χ0) is 16.2. The van der Waals surface area contributed by atoms with E-state index in [-0.39, 0.29) is 12.5 Å². The fraction of sp³-hybridized carbons (Fsp3) is 0.167. The first-order valence-electron chi connectivity index (χ1n) is 7.19. The van der Waals surface area contributed by atoms with Gasteiger partial charge in [-0.25, -0.2) is 0 Å². The second kappa shape index (κ2) is 7.15. The Kier molecular flexibility index (Phi) is 4.98. The van der Waals surface area contributed by atoms with E-state index in [0.29, 0.717) is 12.3 Å². The maximum Gasteiger partial charge on any atom is 0.260 e. The highest BCUT2D eigenvalue weighted by molar-refractivity contribution is 9.10. The molecule has 0 unspecified atom stereocenters. The molecule has 3 nitrogen and oxygen atoms in total. The molecular formula is C18H16BrNO2S. The molecule has 5 heteroatoms. The Labute approximate surface area is 147 Å². The van der Waals surface area contributed by atoms with E-state index in [0.717, 1.165) is 20.8 Å². The Morgan fingerprint density at radius 3 is 2.74 bits per heavy atom. The molecule has 0 aliphatic carbocycles. The zero-order valence-electron chi connectivity index (χ0n) is 12.7. The second-order valence-corrected chi connectivity index (χ2v) is 7.02. The molecule has 0 atom stereocenters. The summed E-state index contributed by atoms with van der Waals surface area (Å²) in [6, 6.07) is 13.9. The molecule has 1 aromatic heterocycles. The third kappa shape index (κ3) is 4.12. The molecule has 0 saturated carbocycles. The van der Waals surface area contributed by atoms with Crippen molar-refractivity contribution in [3.05, 3.63) is 63.3 Å². The average Bonchev–Trinajstić information content (AvgIpc) is 3.05. The van der Waals surface area contributed by atoms with Crippen molar-refractivity contribution in [3.63, 3.8) is 0 Å². The van der Waals surface area contributed by atoms with Gasteiger partial charge in [-0.05, 0) is 57.4 Å². The summed E-state index contributed by atoms with van der Waals surface area (Å²) in [5.41, 5.74) is 1.14. The molecular weight excluding hydrogens is 374 g/mol. The number of hydrogen-bond acceptors (Lipinski definition) is 3. The molecule has 0 aliphatic heterocycles. The highest BCUT2D eigenvalue weighted by atomic mass is 79.9. The molecule has 23 heavy (non-hydrogen) atoms. The molecule has 0 spiro atoms. The number of thiophene rings is 1. The molecule has 0 N–H and O–H groups in total. The van der Waals surface area contributed by atoms with Gasteiger partial charge in [-0.1, -0.05) is 28.1 Å². The standard InChI is InChI=1S/C18H16BrNO2S/c1-20(10-13-6-7-23-12-13)18(21)11-22-17-5-3-14-8-16(19)4-2-15(14)9-17/h2-9,12H,10-11H2,1H3. The number of carbonyl (C=O) groups is 1. The number of halogens is 1. The molecule has 1 amide bonds. The number of benzene rings is 2. The minimum atomic E-state index is -0.0351. The van der Waals surface area contributed by atoms with Crippen molar-refractivity contribution in [2.24, 2.45) is 0 Å². The molecule has 118 valence electrons. The fourth-order valence-corrected chi connectivity index (χ4v) is 3.32. The molecule has 3 aromatic rings. The van der Waals surface area contributed by atoms with E-state index in [2.05, 4.69) is 22.0 Å². The van der Waals surface area contributed by atoms with Crippen LogP contribution < -0.4 is 4.74 Å². The lowest BCUT2D eigenvalue weighted by Gasteiger charge is -2.17. The van der Waals surface area contributed by atoms with Gasteiger partial charge in [0.25, 0.3) is 5.91 Å². The van der Waals surface area contributed by atoms with Crippen LogP contribution in [0.5, 0.6) is 5.75 Å². The molecule has 0 saturated heterocycles. The van der Waals surface area contributed by atoms with Crippen LogP contribution >= 0.6 is 27.3 Å². The van der Waals surface area contributed by atoms with E-state index in [9.17, 15) is 4.79 Å². The van der Waals surface area contributed by atoms with Crippen LogP contribution in [-0.2, 0) is 11.3 Å². The number of fused-ring (bicyclic) bond motifs is 1. The first-order valence-corrected chi connectivity index (χ1v) is 8.92. The van der Waals surface area contributed by atoms with Crippen LogP contribution in [0.15, 0.2) is 57.7 Å². The first kappa shape index (κ1) is 16.0. The molecule has 3 rings (SSSR count). The summed E-state index contributed by atoms with van der Waals surface area (Å²) in [5.74, 6) is 0.671. The van der Waals surface area contributed by atoms with Gasteiger partial charge in [-0.3, -0.25) is 4.79 Å². The zero-order valence-corrected chi connectivity index (χ0v) is 15.1. The van der Waals surface area contributed by atoms with E-state index in [1.165, 1.54) is 0 Å². The van der Waals surface area contributed by atoms with Crippen LogP contribution in [0.2, 0.25) is 0 Å². The largest absolute Gasteiger partial charge is 0.484 e. The fourth-order valence-electron chi connectivity index (χ4n) is 2.28. The van der Waals surface area contributed by atoms with Gasteiger partial charge in [0.15, 0.2) is 6.61 Å². The van der Waals surface area contributed by atoms with Crippen molar-refractivity contribution in [3.8, 4) is 5.75 Å². The number of amides is 1. The maximum atomic E-state index is 12.1. The SMILES string of the molecule is CN(Cc1ccsc1)C(=O)COc1ccc2cc(Br)ccc2c1. The van der Waals surface area contributed by atoms with Crippen molar-refractivity contribution in [1.29, 1.82) is 0 Å². The van der Waals surface area contributed by atoms with Crippen LogP contribution in [-0.4, -0.2) is 24.5 Å². The summed E-state index contributed by atoms with van der Waals surface area (Å²) < 4.78 is 6.69. The number of rotatable bonds is 5. The lowest BCUT2D eigenvalue weighted by Crippen LogP contribution is -2.30. The summed E-state index contributed by atoms with van der Waals surface area (Å²) in [4.78, 5) is 13.8. The van der Waals surface area contributed by atoms with Gasteiger partial charge in [-0.2, -0.15) is 11.3 Å². The Hall–Kier alpha value is -1.85. The minimum absolute atomic E-state index is 0.0351. The van der Waals surface area contributed by atoms with E-state index in [1.54, 1.807) is 23.3 Å². The highest BCUT2D eigenvalue weighted by Gasteiger charge is 2.10. The quantitative estimate of drug-likeness (QED) is 0.632. The van der Waals surface area contributed by atoms with E-state index in [4.69, 9.17) is 4.74 Å².